The molecule has 1 aromatic rings. The Labute approximate surface area is 141 Å². The van der Waals surface area contributed by atoms with Crippen LogP contribution in [0.2, 0.25) is 0 Å². The smallest absolute Gasteiger partial charge is 0.0880 e. The maximum absolute atomic E-state index is 10.1. The van der Waals surface area contributed by atoms with Gasteiger partial charge in [0.05, 0.1) is 6.10 Å². The summed E-state index contributed by atoms with van der Waals surface area (Å²) in [6.07, 6.45) is 13.6. The molecule has 0 spiro atoms. The minimum absolute atomic E-state index is 0.311. The highest BCUT2D eigenvalue weighted by Crippen LogP contribution is 2.19. The van der Waals surface area contributed by atoms with Gasteiger partial charge in [0.25, 0.3) is 0 Å². The summed E-state index contributed by atoms with van der Waals surface area (Å²) in [5.74, 6) is 2.00. The van der Waals surface area contributed by atoms with E-state index in [-0.39, 0.29) is 6.10 Å². The highest BCUT2D eigenvalue weighted by atomic mass is 32.2. The minimum Gasteiger partial charge on any atom is -0.388 e. The van der Waals surface area contributed by atoms with Crippen molar-refractivity contribution in [3.63, 3.8) is 0 Å². The predicted molar refractivity (Wildman–Crippen MR) is 101 cm³/mol. The van der Waals surface area contributed by atoms with E-state index in [0.29, 0.717) is 0 Å². The van der Waals surface area contributed by atoms with Crippen molar-refractivity contribution >= 4 is 11.8 Å². The second-order valence-electron chi connectivity index (χ2n) is 6.18. The summed E-state index contributed by atoms with van der Waals surface area (Å²) in [5, 5.41) is 10.1. The molecule has 0 heterocycles. The average molecular weight is 323 g/mol. The second kappa shape index (κ2) is 14.1. The van der Waals surface area contributed by atoms with Crippen LogP contribution in [0.5, 0.6) is 0 Å². The first kappa shape index (κ1) is 19.6. The van der Waals surface area contributed by atoms with Crippen LogP contribution in [-0.4, -0.2) is 16.6 Å². The van der Waals surface area contributed by atoms with Crippen molar-refractivity contribution in [2.75, 3.05) is 11.5 Å². The second-order valence-corrected chi connectivity index (χ2v) is 7.33. The lowest BCUT2D eigenvalue weighted by Gasteiger charge is -2.10. The SMILES string of the molecule is CCCCCCCCCCCCSCC(O)c1ccccc1. The van der Waals surface area contributed by atoms with Crippen LogP contribution in [0.4, 0.5) is 0 Å². The molecule has 0 bridgehead atoms. The van der Waals surface area contributed by atoms with Crippen molar-refractivity contribution < 1.29 is 5.11 Å². The third-order valence-electron chi connectivity index (χ3n) is 4.10. The van der Waals surface area contributed by atoms with Gasteiger partial charge in [-0.1, -0.05) is 95.0 Å². The Morgan fingerprint density at radius 2 is 1.36 bits per heavy atom. The molecule has 126 valence electrons. The van der Waals surface area contributed by atoms with Gasteiger partial charge in [-0.15, -0.1) is 0 Å². The number of unbranched alkanes of at least 4 members (excludes halogenated alkanes) is 9. The molecule has 22 heavy (non-hydrogen) atoms. The Kier molecular flexibility index (Phi) is 12.6. The molecule has 0 fully saturated rings. The van der Waals surface area contributed by atoms with Gasteiger partial charge in [-0.3, -0.25) is 0 Å². The Morgan fingerprint density at radius 3 is 1.95 bits per heavy atom. The minimum atomic E-state index is -0.311. The van der Waals surface area contributed by atoms with Gasteiger partial charge in [0.15, 0.2) is 0 Å². The Hall–Kier alpha value is -0.470. The van der Waals surface area contributed by atoms with Crippen LogP contribution in [0.15, 0.2) is 30.3 Å². The van der Waals surface area contributed by atoms with Crippen LogP contribution in [0.1, 0.15) is 82.8 Å². The zero-order chi connectivity index (χ0) is 15.9. The van der Waals surface area contributed by atoms with Gasteiger partial charge in [-0.2, -0.15) is 11.8 Å². The van der Waals surface area contributed by atoms with Crippen LogP contribution in [0.25, 0.3) is 0 Å². The Morgan fingerprint density at radius 1 is 0.818 bits per heavy atom. The topological polar surface area (TPSA) is 20.2 Å². The van der Waals surface area contributed by atoms with Crippen LogP contribution in [0, 0.1) is 0 Å². The van der Waals surface area contributed by atoms with Gasteiger partial charge >= 0.3 is 0 Å². The molecule has 0 amide bonds. The maximum Gasteiger partial charge on any atom is 0.0880 e. The van der Waals surface area contributed by atoms with E-state index in [1.54, 1.807) is 0 Å². The predicted octanol–water partition coefficient (Wildman–Crippen LogP) is 6.37. The standard InChI is InChI=1S/C20H34OS/c1-2-3-4-5-6-7-8-9-10-14-17-22-18-20(21)19-15-12-11-13-16-19/h11-13,15-16,20-21H,2-10,14,17-18H2,1H3. The van der Waals surface area contributed by atoms with Crippen LogP contribution in [-0.2, 0) is 0 Å². The normalized spacial score (nSPS) is 12.5. The number of hydrogen-bond donors (Lipinski definition) is 1. The number of benzene rings is 1. The molecular formula is C20H34OS. The lowest BCUT2D eigenvalue weighted by molar-refractivity contribution is 0.204. The van der Waals surface area contributed by atoms with E-state index in [2.05, 4.69) is 6.92 Å². The molecule has 0 saturated carbocycles. The summed E-state index contributed by atoms with van der Waals surface area (Å²) >= 11 is 1.88. The molecule has 0 aliphatic heterocycles. The van der Waals surface area contributed by atoms with Gasteiger partial charge in [-0.05, 0) is 17.7 Å². The average Bonchev–Trinajstić information content (AvgIpc) is 2.56. The molecule has 0 saturated heterocycles. The molecule has 1 aromatic carbocycles. The van der Waals surface area contributed by atoms with Gasteiger partial charge in [0.1, 0.15) is 0 Å². The summed E-state index contributed by atoms with van der Waals surface area (Å²) in [7, 11) is 0. The fourth-order valence-corrected chi connectivity index (χ4v) is 3.65. The van der Waals surface area contributed by atoms with E-state index in [0.717, 1.165) is 11.3 Å². The zero-order valence-electron chi connectivity index (χ0n) is 14.3. The number of thioether (sulfide) groups is 1. The number of aliphatic hydroxyl groups excluding tert-OH is 1. The molecule has 1 unspecified atom stereocenters. The van der Waals surface area contributed by atoms with Gasteiger partial charge in [0.2, 0.25) is 0 Å². The molecule has 0 aliphatic rings. The van der Waals surface area contributed by atoms with E-state index in [1.165, 1.54) is 70.0 Å². The summed E-state index contributed by atoms with van der Waals surface area (Å²) < 4.78 is 0. The third kappa shape index (κ3) is 10.3. The van der Waals surface area contributed by atoms with Crippen molar-refractivity contribution in [1.29, 1.82) is 0 Å². The first-order valence-electron chi connectivity index (χ1n) is 9.15. The molecule has 1 rings (SSSR count). The summed E-state index contributed by atoms with van der Waals surface area (Å²) in [6, 6.07) is 9.99. The van der Waals surface area contributed by atoms with Gasteiger partial charge in [-0.25, -0.2) is 0 Å². The van der Waals surface area contributed by atoms with Crippen LogP contribution >= 0.6 is 11.8 Å². The maximum atomic E-state index is 10.1. The molecule has 1 atom stereocenters. The molecule has 0 aliphatic carbocycles. The van der Waals surface area contributed by atoms with E-state index >= 15 is 0 Å². The molecule has 1 N–H and O–H groups in total. The summed E-state index contributed by atoms with van der Waals surface area (Å²) in [6.45, 7) is 2.27. The van der Waals surface area contributed by atoms with Crippen LogP contribution < -0.4 is 0 Å². The highest BCUT2D eigenvalue weighted by Gasteiger charge is 2.05. The molecule has 2 heteroatoms. The Balaban J connectivity index is 1.84. The molecule has 0 aromatic heterocycles. The highest BCUT2D eigenvalue weighted by molar-refractivity contribution is 7.99. The molecular weight excluding hydrogens is 288 g/mol. The molecule has 1 nitrogen and oxygen atoms in total. The largest absolute Gasteiger partial charge is 0.388 e. The van der Waals surface area contributed by atoms with Crippen molar-refractivity contribution in [2.24, 2.45) is 0 Å². The fourth-order valence-electron chi connectivity index (χ4n) is 2.66. The van der Waals surface area contributed by atoms with E-state index in [1.807, 2.05) is 42.1 Å². The number of hydrogen-bond acceptors (Lipinski definition) is 2. The quantitative estimate of drug-likeness (QED) is 0.401. The molecule has 0 radical (unpaired) electrons. The monoisotopic (exact) mass is 322 g/mol. The summed E-state index contributed by atoms with van der Waals surface area (Å²) in [5.41, 5.74) is 1.04. The fraction of sp³-hybridized carbons (Fsp3) is 0.700. The first-order valence-corrected chi connectivity index (χ1v) is 10.3. The zero-order valence-corrected chi connectivity index (χ0v) is 15.1. The lowest BCUT2D eigenvalue weighted by Crippen LogP contribution is -2.00. The van der Waals surface area contributed by atoms with Gasteiger partial charge < -0.3 is 5.11 Å². The lowest BCUT2D eigenvalue weighted by atomic mass is 10.1. The van der Waals surface area contributed by atoms with Crippen molar-refractivity contribution in [3.8, 4) is 0 Å². The van der Waals surface area contributed by atoms with E-state index in [4.69, 9.17) is 0 Å². The van der Waals surface area contributed by atoms with Crippen LogP contribution in [0.3, 0.4) is 0 Å². The van der Waals surface area contributed by atoms with Crippen molar-refractivity contribution in [1.82, 2.24) is 0 Å². The van der Waals surface area contributed by atoms with Crippen molar-refractivity contribution in [3.05, 3.63) is 35.9 Å². The number of aliphatic hydroxyl groups is 1. The van der Waals surface area contributed by atoms with Gasteiger partial charge in [0, 0.05) is 5.75 Å². The first-order chi connectivity index (χ1) is 10.8. The van der Waals surface area contributed by atoms with E-state index in [9.17, 15) is 5.11 Å². The summed E-state index contributed by atoms with van der Waals surface area (Å²) in [4.78, 5) is 0. The third-order valence-corrected chi connectivity index (χ3v) is 5.23. The van der Waals surface area contributed by atoms with Crippen molar-refractivity contribution in [2.45, 2.75) is 77.2 Å². The van der Waals surface area contributed by atoms with E-state index < -0.39 is 0 Å². The Bertz CT molecular complexity index is 339. The number of rotatable bonds is 14.